The van der Waals surface area contributed by atoms with Gasteiger partial charge in [-0.15, -0.1) is 0 Å². The van der Waals surface area contributed by atoms with Crippen molar-refractivity contribution in [2.45, 2.75) is 109 Å². The highest BCUT2D eigenvalue weighted by molar-refractivity contribution is 5.69. The van der Waals surface area contributed by atoms with Crippen molar-refractivity contribution in [2.24, 2.45) is 11.8 Å². The van der Waals surface area contributed by atoms with Crippen molar-refractivity contribution < 1.29 is 34.3 Å². The van der Waals surface area contributed by atoms with Gasteiger partial charge in [0.05, 0.1) is 24.4 Å². The average molecular weight is 543 g/mol. The van der Waals surface area contributed by atoms with Crippen LogP contribution < -0.4 is 9.47 Å². The van der Waals surface area contributed by atoms with E-state index in [4.69, 9.17) is 14.2 Å². The maximum absolute atomic E-state index is 11.7. The van der Waals surface area contributed by atoms with Crippen molar-refractivity contribution in [1.29, 1.82) is 0 Å². The van der Waals surface area contributed by atoms with E-state index in [1.54, 1.807) is 0 Å². The molecule has 1 aliphatic rings. The summed E-state index contributed by atoms with van der Waals surface area (Å²) >= 11 is 0. The van der Waals surface area contributed by atoms with Gasteiger partial charge in [-0.3, -0.25) is 4.79 Å². The van der Waals surface area contributed by atoms with E-state index in [0.717, 1.165) is 37.9 Å². The monoisotopic (exact) mass is 542 g/mol. The van der Waals surface area contributed by atoms with Crippen LogP contribution in [0, 0.1) is 11.8 Å². The number of unbranched alkanes of at least 4 members (excludes halogenated alkanes) is 3. The van der Waals surface area contributed by atoms with Crippen molar-refractivity contribution in [3.05, 3.63) is 54.6 Å². The second-order valence-electron chi connectivity index (χ2n) is 11.0. The molecule has 216 valence electrons. The lowest BCUT2D eigenvalue weighted by Crippen LogP contribution is -2.31. The zero-order valence-corrected chi connectivity index (χ0v) is 23.6. The molecule has 0 aromatic heterocycles. The van der Waals surface area contributed by atoms with Crippen molar-refractivity contribution in [3.8, 4) is 17.2 Å². The lowest BCUT2D eigenvalue weighted by molar-refractivity contribution is -0.147. The topological polar surface area (TPSA) is 105 Å². The molecule has 1 fully saturated rings. The van der Waals surface area contributed by atoms with Gasteiger partial charge in [-0.25, -0.2) is 0 Å². The zero-order chi connectivity index (χ0) is 28.2. The Labute approximate surface area is 233 Å². The minimum atomic E-state index is -0.693. The first-order valence-electron chi connectivity index (χ1n) is 14.5. The summed E-state index contributed by atoms with van der Waals surface area (Å²) in [6, 6.07) is 16.9. The van der Waals surface area contributed by atoms with Crippen LogP contribution in [0.4, 0.5) is 0 Å². The number of rotatable bonds is 16. The summed E-state index contributed by atoms with van der Waals surface area (Å²) < 4.78 is 16.9. The SMILES string of the molecule is CC(C)OC(=O)CCCCCCC1C(O)CC(O)C1CCC(O)C(C)Oc1ccc(Oc2ccccc2)cc1. The van der Waals surface area contributed by atoms with Crippen LogP contribution in [-0.2, 0) is 9.53 Å². The Bertz CT molecular complexity index is 962. The Morgan fingerprint density at radius 2 is 1.41 bits per heavy atom. The fraction of sp³-hybridized carbons (Fsp3) is 0.594. The van der Waals surface area contributed by atoms with E-state index in [-0.39, 0.29) is 23.9 Å². The van der Waals surface area contributed by atoms with Crippen LogP contribution in [0.2, 0.25) is 0 Å². The Kier molecular flexibility index (Phi) is 12.6. The van der Waals surface area contributed by atoms with E-state index in [1.165, 1.54) is 0 Å². The molecule has 39 heavy (non-hydrogen) atoms. The van der Waals surface area contributed by atoms with Crippen molar-refractivity contribution in [3.63, 3.8) is 0 Å². The Hall–Kier alpha value is -2.61. The molecule has 3 N–H and O–H groups in total. The molecule has 2 aromatic rings. The van der Waals surface area contributed by atoms with Crippen LogP contribution in [0.25, 0.3) is 0 Å². The van der Waals surface area contributed by atoms with Gasteiger partial charge in [0.2, 0.25) is 0 Å². The molecule has 3 rings (SSSR count). The van der Waals surface area contributed by atoms with Gasteiger partial charge in [-0.1, -0.05) is 37.5 Å². The van der Waals surface area contributed by atoms with Crippen LogP contribution in [0.5, 0.6) is 17.2 Å². The van der Waals surface area contributed by atoms with E-state index in [1.807, 2.05) is 75.4 Å². The first-order valence-corrected chi connectivity index (χ1v) is 14.5. The maximum Gasteiger partial charge on any atom is 0.306 e. The number of para-hydroxylation sites is 1. The second kappa shape index (κ2) is 15.8. The maximum atomic E-state index is 11.7. The molecular weight excluding hydrogens is 496 g/mol. The van der Waals surface area contributed by atoms with Crippen LogP contribution in [-0.4, -0.2) is 51.8 Å². The highest BCUT2D eigenvalue weighted by Crippen LogP contribution is 2.39. The molecular formula is C32H46O7. The number of carbonyl (C=O) groups excluding carboxylic acids is 1. The molecule has 0 radical (unpaired) electrons. The summed E-state index contributed by atoms with van der Waals surface area (Å²) in [5, 5.41) is 31.9. The number of carbonyl (C=O) groups is 1. The fourth-order valence-corrected chi connectivity index (χ4v) is 5.41. The largest absolute Gasteiger partial charge is 0.488 e. The number of aliphatic hydroxyl groups excluding tert-OH is 3. The highest BCUT2D eigenvalue weighted by atomic mass is 16.5. The number of hydrogen-bond acceptors (Lipinski definition) is 7. The molecule has 0 bridgehead atoms. The number of hydrogen-bond donors (Lipinski definition) is 3. The van der Waals surface area contributed by atoms with Gasteiger partial charge in [-0.2, -0.15) is 0 Å². The lowest BCUT2D eigenvalue weighted by Gasteiger charge is -2.26. The summed E-state index contributed by atoms with van der Waals surface area (Å²) in [4.78, 5) is 11.7. The first-order chi connectivity index (χ1) is 18.7. The molecule has 0 amide bonds. The van der Waals surface area contributed by atoms with Crippen LogP contribution in [0.15, 0.2) is 54.6 Å². The van der Waals surface area contributed by atoms with Gasteiger partial charge in [0.15, 0.2) is 0 Å². The number of aliphatic hydroxyl groups is 3. The summed E-state index contributed by atoms with van der Waals surface area (Å²) in [6.07, 6.45) is 4.16. The summed E-state index contributed by atoms with van der Waals surface area (Å²) in [6.45, 7) is 5.54. The predicted octanol–water partition coefficient (Wildman–Crippen LogP) is 6.04. The highest BCUT2D eigenvalue weighted by Gasteiger charge is 2.41. The minimum absolute atomic E-state index is 0.0199. The molecule has 7 nitrogen and oxygen atoms in total. The third kappa shape index (κ3) is 10.5. The van der Waals surface area contributed by atoms with Crippen molar-refractivity contribution in [2.75, 3.05) is 0 Å². The van der Waals surface area contributed by atoms with E-state index < -0.39 is 24.4 Å². The molecule has 1 saturated carbocycles. The van der Waals surface area contributed by atoms with Gasteiger partial charge < -0.3 is 29.5 Å². The van der Waals surface area contributed by atoms with E-state index in [2.05, 4.69) is 0 Å². The van der Waals surface area contributed by atoms with Crippen molar-refractivity contribution >= 4 is 5.97 Å². The van der Waals surface area contributed by atoms with Crippen LogP contribution in [0.1, 0.15) is 78.6 Å². The number of ether oxygens (including phenoxy) is 3. The van der Waals surface area contributed by atoms with Crippen LogP contribution >= 0.6 is 0 Å². The molecule has 1 aliphatic carbocycles. The second-order valence-corrected chi connectivity index (χ2v) is 11.0. The van der Waals surface area contributed by atoms with Gasteiger partial charge in [0, 0.05) is 6.42 Å². The molecule has 0 saturated heterocycles. The smallest absolute Gasteiger partial charge is 0.306 e. The van der Waals surface area contributed by atoms with Gasteiger partial charge >= 0.3 is 5.97 Å². The lowest BCUT2D eigenvalue weighted by atomic mass is 9.84. The molecule has 0 aliphatic heterocycles. The van der Waals surface area contributed by atoms with Crippen LogP contribution in [0.3, 0.4) is 0 Å². The first kappa shape index (κ1) is 30.9. The molecule has 6 atom stereocenters. The number of esters is 1. The third-order valence-electron chi connectivity index (χ3n) is 7.52. The Morgan fingerprint density at radius 3 is 2.08 bits per heavy atom. The molecule has 7 heteroatoms. The van der Waals surface area contributed by atoms with E-state index in [0.29, 0.717) is 37.2 Å². The average Bonchev–Trinajstić information content (AvgIpc) is 3.17. The molecule has 2 aromatic carbocycles. The Morgan fingerprint density at radius 1 is 0.821 bits per heavy atom. The standard InChI is InChI=1S/C32H46O7/c1-22(2)37-32(36)14-10-5-4-9-13-27-28(31(35)21-30(27)34)19-20-29(33)23(3)38-25-15-17-26(18-16-25)39-24-11-7-6-8-12-24/h6-8,11-12,15-18,22-23,27-31,33-35H,4-5,9-10,13-14,19-21H2,1-3H3. The summed E-state index contributed by atoms with van der Waals surface area (Å²) in [5.41, 5.74) is 0. The van der Waals surface area contributed by atoms with E-state index >= 15 is 0 Å². The summed E-state index contributed by atoms with van der Waals surface area (Å²) in [7, 11) is 0. The third-order valence-corrected chi connectivity index (χ3v) is 7.52. The number of benzene rings is 2. The Balaban J connectivity index is 1.38. The van der Waals surface area contributed by atoms with Crippen molar-refractivity contribution in [1.82, 2.24) is 0 Å². The minimum Gasteiger partial charge on any atom is -0.488 e. The molecule has 6 unspecified atom stereocenters. The van der Waals surface area contributed by atoms with E-state index in [9.17, 15) is 20.1 Å². The van der Waals surface area contributed by atoms with Gasteiger partial charge in [0.1, 0.15) is 23.4 Å². The summed E-state index contributed by atoms with van der Waals surface area (Å²) in [5.74, 6) is 1.94. The fourth-order valence-electron chi connectivity index (χ4n) is 5.41. The zero-order valence-electron chi connectivity index (χ0n) is 23.6. The molecule has 0 spiro atoms. The normalized spacial score (nSPS) is 22.4. The predicted molar refractivity (Wildman–Crippen MR) is 151 cm³/mol. The quantitative estimate of drug-likeness (QED) is 0.175. The molecule has 0 heterocycles. The van der Waals surface area contributed by atoms with Gasteiger partial charge in [-0.05, 0) is 101 Å². The van der Waals surface area contributed by atoms with Gasteiger partial charge in [0.25, 0.3) is 0 Å².